The molecule has 0 bridgehead atoms. The van der Waals surface area contributed by atoms with E-state index < -0.39 is 5.54 Å². The van der Waals surface area contributed by atoms with Gasteiger partial charge in [-0.2, -0.15) is 0 Å². The first-order valence-corrected chi connectivity index (χ1v) is 4.92. The second-order valence-corrected chi connectivity index (χ2v) is 3.72. The van der Waals surface area contributed by atoms with Crippen molar-refractivity contribution in [3.63, 3.8) is 0 Å². The van der Waals surface area contributed by atoms with Crippen molar-refractivity contribution in [3.8, 4) is 0 Å². The molecule has 0 spiro atoms. The van der Waals surface area contributed by atoms with Crippen molar-refractivity contribution in [3.05, 3.63) is 34.9 Å². The maximum atomic E-state index is 11.0. The van der Waals surface area contributed by atoms with Crippen LogP contribution in [0.25, 0.3) is 0 Å². The lowest BCUT2D eigenvalue weighted by Crippen LogP contribution is -2.39. The van der Waals surface area contributed by atoms with Crippen LogP contribution in [0, 0.1) is 16.0 Å². The highest BCUT2D eigenvalue weighted by Gasteiger charge is 2.39. The second-order valence-electron chi connectivity index (χ2n) is 3.72. The summed E-state index contributed by atoms with van der Waals surface area (Å²) >= 11 is 0. The molecule has 0 aliphatic heterocycles. The third-order valence-corrected chi connectivity index (χ3v) is 2.60. The molecule has 0 aromatic heterocycles. The molecular formula is C11H19NO2. The van der Waals surface area contributed by atoms with Gasteiger partial charge in [0.25, 0.3) is 0 Å². The molecule has 0 fully saturated rings. The summed E-state index contributed by atoms with van der Waals surface area (Å²) < 4.78 is 0. The van der Waals surface area contributed by atoms with Gasteiger partial charge in [0.2, 0.25) is 5.54 Å². The molecule has 3 heteroatoms. The van der Waals surface area contributed by atoms with Crippen molar-refractivity contribution in [1.82, 2.24) is 0 Å². The minimum atomic E-state index is -0.968. The fourth-order valence-corrected chi connectivity index (χ4v) is 1.25. The molecule has 14 heavy (non-hydrogen) atoms. The van der Waals surface area contributed by atoms with Crippen molar-refractivity contribution < 1.29 is 4.92 Å². The molecule has 0 aromatic carbocycles. The highest BCUT2D eigenvalue weighted by Crippen LogP contribution is 2.25. The molecule has 0 N–H and O–H groups in total. The average molecular weight is 197 g/mol. The van der Waals surface area contributed by atoms with Gasteiger partial charge in [-0.3, -0.25) is 10.1 Å². The Morgan fingerprint density at radius 3 is 2.57 bits per heavy atom. The van der Waals surface area contributed by atoms with Gasteiger partial charge in [0.15, 0.2) is 0 Å². The van der Waals surface area contributed by atoms with E-state index in [2.05, 4.69) is 6.58 Å². The average Bonchev–Trinajstić information content (AvgIpc) is 2.14. The Balaban J connectivity index is 4.78. The minimum absolute atomic E-state index is 0.0298. The van der Waals surface area contributed by atoms with Crippen LogP contribution in [0.5, 0.6) is 0 Å². The van der Waals surface area contributed by atoms with Crippen LogP contribution >= 0.6 is 0 Å². The maximum absolute atomic E-state index is 11.0. The SMILES string of the molecule is C=CCC(C)C(C)(/C=C\CC)[N+](=O)[O-]. The van der Waals surface area contributed by atoms with Crippen molar-refractivity contribution in [1.29, 1.82) is 0 Å². The fourth-order valence-electron chi connectivity index (χ4n) is 1.25. The molecule has 3 nitrogen and oxygen atoms in total. The van der Waals surface area contributed by atoms with Crippen LogP contribution in [0.1, 0.15) is 33.6 Å². The summed E-state index contributed by atoms with van der Waals surface area (Å²) in [5.74, 6) is -0.0298. The third kappa shape index (κ3) is 2.98. The van der Waals surface area contributed by atoms with E-state index in [9.17, 15) is 10.1 Å². The summed E-state index contributed by atoms with van der Waals surface area (Å²) in [5, 5.41) is 11.0. The van der Waals surface area contributed by atoms with E-state index in [1.54, 1.807) is 19.1 Å². The van der Waals surface area contributed by atoms with Crippen molar-refractivity contribution in [2.45, 2.75) is 39.2 Å². The summed E-state index contributed by atoms with van der Waals surface area (Å²) in [6.45, 7) is 9.11. The van der Waals surface area contributed by atoms with Crippen LogP contribution in [0.2, 0.25) is 0 Å². The van der Waals surface area contributed by atoms with E-state index in [1.165, 1.54) is 0 Å². The number of hydrogen-bond acceptors (Lipinski definition) is 2. The van der Waals surface area contributed by atoms with Crippen molar-refractivity contribution >= 4 is 0 Å². The van der Waals surface area contributed by atoms with E-state index in [4.69, 9.17) is 0 Å². The number of hydrogen-bond donors (Lipinski definition) is 0. The fraction of sp³-hybridized carbons (Fsp3) is 0.636. The Labute approximate surface area is 85.7 Å². The van der Waals surface area contributed by atoms with Gasteiger partial charge in [-0.15, -0.1) is 6.58 Å². The highest BCUT2D eigenvalue weighted by atomic mass is 16.6. The smallest absolute Gasteiger partial charge is 0.240 e. The van der Waals surface area contributed by atoms with E-state index >= 15 is 0 Å². The van der Waals surface area contributed by atoms with Crippen LogP contribution in [-0.4, -0.2) is 10.5 Å². The molecule has 0 saturated carbocycles. The van der Waals surface area contributed by atoms with Gasteiger partial charge in [0.1, 0.15) is 0 Å². The number of rotatable bonds is 6. The quantitative estimate of drug-likeness (QED) is 0.373. The lowest BCUT2D eigenvalue weighted by atomic mass is 9.85. The van der Waals surface area contributed by atoms with E-state index in [-0.39, 0.29) is 10.8 Å². The maximum Gasteiger partial charge on any atom is 0.240 e. The molecule has 0 saturated heterocycles. The topological polar surface area (TPSA) is 43.1 Å². The van der Waals surface area contributed by atoms with Crippen LogP contribution in [-0.2, 0) is 0 Å². The van der Waals surface area contributed by atoms with Gasteiger partial charge in [0.05, 0.1) is 0 Å². The summed E-state index contributed by atoms with van der Waals surface area (Å²) in [6, 6.07) is 0. The zero-order valence-electron chi connectivity index (χ0n) is 9.19. The summed E-state index contributed by atoms with van der Waals surface area (Å²) in [6.07, 6.45) is 6.76. The molecule has 0 amide bonds. The molecule has 0 aliphatic rings. The predicted octanol–water partition coefficient (Wildman–Crippen LogP) is 3.20. The van der Waals surface area contributed by atoms with E-state index in [0.717, 1.165) is 6.42 Å². The summed E-state index contributed by atoms with van der Waals surface area (Å²) in [4.78, 5) is 10.7. The predicted molar refractivity (Wildman–Crippen MR) is 58.8 cm³/mol. The first-order valence-electron chi connectivity index (χ1n) is 4.92. The van der Waals surface area contributed by atoms with Crippen molar-refractivity contribution in [2.24, 2.45) is 5.92 Å². The lowest BCUT2D eigenvalue weighted by Gasteiger charge is -2.23. The van der Waals surface area contributed by atoms with Gasteiger partial charge >= 0.3 is 0 Å². The number of nitrogens with zero attached hydrogens (tertiary/aromatic N) is 1. The van der Waals surface area contributed by atoms with Gasteiger partial charge in [0, 0.05) is 17.8 Å². The minimum Gasteiger partial charge on any atom is -0.264 e. The summed E-state index contributed by atoms with van der Waals surface area (Å²) in [7, 11) is 0. The summed E-state index contributed by atoms with van der Waals surface area (Å²) in [5.41, 5.74) is -0.968. The van der Waals surface area contributed by atoms with Crippen LogP contribution < -0.4 is 0 Å². The third-order valence-electron chi connectivity index (χ3n) is 2.60. The first-order chi connectivity index (χ1) is 6.49. The number of nitro groups is 1. The van der Waals surface area contributed by atoms with E-state index in [1.807, 2.05) is 19.9 Å². The van der Waals surface area contributed by atoms with Gasteiger partial charge in [-0.1, -0.05) is 26.0 Å². The van der Waals surface area contributed by atoms with Gasteiger partial charge < -0.3 is 0 Å². The van der Waals surface area contributed by atoms with Gasteiger partial charge in [-0.25, -0.2) is 0 Å². The molecule has 2 atom stereocenters. The molecule has 0 rings (SSSR count). The molecule has 0 heterocycles. The Bertz CT molecular complexity index is 235. The van der Waals surface area contributed by atoms with Crippen LogP contribution in [0.15, 0.2) is 24.8 Å². The Hall–Kier alpha value is -1.12. The molecular weight excluding hydrogens is 178 g/mol. The zero-order chi connectivity index (χ0) is 11.2. The molecule has 0 radical (unpaired) electrons. The Kier molecular flexibility index (Phi) is 5.13. The van der Waals surface area contributed by atoms with Gasteiger partial charge in [-0.05, 0) is 18.9 Å². The molecule has 0 aliphatic carbocycles. The lowest BCUT2D eigenvalue weighted by molar-refractivity contribution is -0.560. The standard InChI is InChI=1S/C11H19NO2/c1-5-7-9-11(4,12(13)14)10(3)8-6-2/h6-7,9-10H,2,5,8H2,1,3-4H3/b9-7-. The zero-order valence-corrected chi connectivity index (χ0v) is 9.19. The molecule has 0 aromatic rings. The Morgan fingerprint density at radius 1 is 1.64 bits per heavy atom. The van der Waals surface area contributed by atoms with E-state index in [0.29, 0.717) is 6.42 Å². The highest BCUT2D eigenvalue weighted by molar-refractivity contribution is 5.02. The van der Waals surface area contributed by atoms with Crippen LogP contribution in [0.3, 0.4) is 0 Å². The normalized spacial score (nSPS) is 17.6. The molecule has 80 valence electrons. The number of allylic oxidation sites excluding steroid dienone is 2. The first kappa shape index (κ1) is 12.9. The molecule has 2 unspecified atom stereocenters. The Morgan fingerprint density at radius 2 is 2.21 bits per heavy atom. The van der Waals surface area contributed by atoms with Crippen molar-refractivity contribution in [2.75, 3.05) is 0 Å². The second kappa shape index (κ2) is 5.58. The largest absolute Gasteiger partial charge is 0.264 e. The van der Waals surface area contributed by atoms with Crippen LogP contribution in [0.4, 0.5) is 0 Å². The monoisotopic (exact) mass is 197 g/mol.